The monoisotopic (exact) mass is 532 g/mol. The molecule has 3 heterocycles. The van der Waals surface area contributed by atoms with Gasteiger partial charge in [-0.2, -0.15) is 0 Å². The molecule has 204 valence electrons. The van der Waals surface area contributed by atoms with Crippen LogP contribution < -0.4 is 5.73 Å². The molecule has 4 rings (SSSR count). The predicted octanol–water partition coefficient (Wildman–Crippen LogP) is 4.05. The van der Waals surface area contributed by atoms with Crippen LogP contribution >= 0.6 is 11.3 Å². The van der Waals surface area contributed by atoms with Crippen LogP contribution in [0, 0.1) is 17.3 Å². The van der Waals surface area contributed by atoms with Gasteiger partial charge in [-0.15, -0.1) is 11.3 Å². The Morgan fingerprint density at radius 2 is 1.92 bits per heavy atom. The summed E-state index contributed by atoms with van der Waals surface area (Å²) in [5.41, 5.74) is 5.83. The zero-order chi connectivity index (χ0) is 27.1. The van der Waals surface area contributed by atoms with E-state index in [1.165, 1.54) is 11.3 Å². The summed E-state index contributed by atoms with van der Waals surface area (Å²) in [4.78, 5) is 30.9. The highest BCUT2D eigenvalue weighted by Gasteiger charge is 2.53. The third kappa shape index (κ3) is 5.91. The molecule has 0 saturated carbocycles. The lowest BCUT2D eigenvalue weighted by atomic mass is 9.73. The number of thiazole rings is 1. The normalized spacial score (nSPS) is 35.7. The number of nitrogens with two attached hydrogens (primary N) is 1. The first-order valence-electron chi connectivity index (χ1n) is 13.2. The molecule has 3 unspecified atom stereocenters. The van der Waals surface area contributed by atoms with E-state index >= 15 is 0 Å². The quantitative estimate of drug-likeness (QED) is 0.389. The first-order valence-corrected chi connectivity index (χ1v) is 14.0. The number of ketones is 1. The molecule has 0 aliphatic carbocycles. The highest BCUT2D eigenvalue weighted by molar-refractivity contribution is 7.18. The van der Waals surface area contributed by atoms with Crippen LogP contribution in [0.15, 0.2) is 18.2 Å². The number of aliphatic hydroxyl groups excluding tert-OH is 2. The summed E-state index contributed by atoms with van der Waals surface area (Å²) in [6.45, 7) is 9.32. The minimum Gasteiger partial charge on any atom is -0.457 e. The first-order chi connectivity index (χ1) is 17.4. The van der Waals surface area contributed by atoms with Gasteiger partial charge < -0.3 is 25.4 Å². The third-order valence-electron chi connectivity index (χ3n) is 8.41. The van der Waals surface area contributed by atoms with Crippen molar-refractivity contribution in [3.63, 3.8) is 0 Å². The lowest BCUT2D eigenvalue weighted by molar-refractivity contribution is -0.156. The molecule has 2 saturated heterocycles. The second kappa shape index (κ2) is 10.7. The van der Waals surface area contributed by atoms with Crippen molar-refractivity contribution >= 4 is 33.3 Å². The van der Waals surface area contributed by atoms with Crippen LogP contribution in [0.3, 0.4) is 0 Å². The van der Waals surface area contributed by atoms with Crippen molar-refractivity contribution in [3.05, 3.63) is 28.8 Å². The van der Waals surface area contributed by atoms with Crippen molar-refractivity contribution < 1.29 is 29.3 Å². The number of aliphatic hydroxyl groups is 2. The average molecular weight is 533 g/mol. The molecule has 8 nitrogen and oxygen atoms in total. The van der Waals surface area contributed by atoms with Crippen LogP contribution in [-0.4, -0.2) is 50.9 Å². The van der Waals surface area contributed by atoms with E-state index in [4.69, 9.17) is 15.2 Å². The molecule has 0 amide bonds. The van der Waals surface area contributed by atoms with Crippen molar-refractivity contribution in [1.29, 1.82) is 0 Å². The molecule has 37 heavy (non-hydrogen) atoms. The lowest BCUT2D eigenvalue weighted by Crippen LogP contribution is -2.45. The fraction of sp³-hybridized carbons (Fsp3) is 0.679. The van der Waals surface area contributed by atoms with E-state index in [0.717, 1.165) is 40.1 Å². The largest absolute Gasteiger partial charge is 0.457 e. The van der Waals surface area contributed by atoms with E-state index in [1.807, 2.05) is 25.1 Å². The molecule has 2 aromatic rings. The zero-order valence-corrected chi connectivity index (χ0v) is 23.2. The first kappa shape index (κ1) is 28.1. The third-order valence-corrected chi connectivity index (χ3v) is 9.47. The van der Waals surface area contributed by atoms with Crippen LogP contribution in [0.5, 0.6) is 0 Å². The maximum atomic E-state index is 13.3. The average Bonchev–Trinajstić information content (AvgIpc) is 3.29. The van der Waals surface area contributed by atoms with Gasteiger partial charge in [-0.05, 0) is 43.4 Å². The van der Waals surface area contributed by atoms with Crippen molar-refractivity contribution in [2.75, 3.05) is 0 Å². The van der Waals surface area contributed by atoms with Crippen LogP contribution in [0.1, 0.15) is 83.4 Å². The summed E-state index contributed by atoms with van der Waals surface area (Å²) in [5, 5.41) is 22.6. The van der Waals surface area contributed by atoms with Gasteiger partial charge in [0.2, 0.25) is 0 Å². The predicted molar refractivity (Wildman–Crippen MR) is 142 cm³/mol. The molecule has 1 aromatic heterocycles. The van der Waals surface area contributed by atoms with E-state index in [0.29, 0.717) is 13.0 Å². The molecule has 0 spiro atoms. The Bertz CT molecular complexity index is 1150. The molecular formula is C28H40N2O6S. The maximum absolute atomic E-state index is 13.3. The number of esters is 1. The molecule has 7 atom stereocenters. The molecule has 2 fully saturated rings. The lowest BCUT2D eigenvalue weighted by Gasteiger charge is -2.34. The van der Waals surface area contributed by atoms with E-state index < -0.39 is 35.6 Å². The number of hydrogen-bond acceptors (Lipinski definition) is 9. The topological polar surface area (TPSA) is 135 Å². The molecule has 4 N–H and O–H groups in total. The number of nitrogens with zero attached hydrogens (tertiary/aromatic N) is 1. The Morgan fingerprint density at radius 3 is 2.62 bits per heavy atom. The zero-order valence-electron chi connectivity index (χ0n) is 22.4. The van der Waals surface area contributed by atoms with Gasteiger partial charge >= 0.3 is 5.97 Å². The maximum Gasteiger partial charge on any atom is 0.309 e. The summed E-state index contributed by atoms with van der Waals surface area (Å²) >= 11 is 1.54. The summed E-state index contributed by atoms with van der Waals surface area (Å²) in [6, 6.07) is 5.83. The van der Waals surface area contributed by atoms with Gasteiger partial charge in [0, 0.05) is 18.9 Å². The van der Waals surface area contributed by atoms with E-state index in [9.17, 15) is 19.8 Å². The number of aromatic nitrogens is 1. The Kier molecular flexibility index (Phi) is 8.12. The van der Waals surface area contributed by atoms with Gasteiger partial charge in [-0.1, -0.05) is 40.2 Å². The Hall–Kier alpha value is -1.91. The van der Waals surface area contributed by atoms with E-state index in [-0.39, 0.29) is 29.8 Å². The molecular weight excluding hydrogens is 492 g/mol. The van der Waals surface area contributed by atoms with Crippen molar-refractivity contribution in [2.45, 2.75) is 103 Å². The summed E-state index contributed by atoms with van der Waals surface area (Å²) in [7, 11) is 0. The van der Waals surface area contributed by atoms with Crippen molar-refractivity contribution in [1.82, 2.24) is 4.98 Å². The van der Waals surface area contributed by atoms with Crippen molar-refractivity contribution in [2.24, 2.45) is 23.0 Å². The molecule has 9 heteroatoms. The summed E-state index contributed by atoms with van der Waals surface area (Å²) in [6.07, 6.45) is -0.162. The summed E-state index contributed by atoms with van der Waals surface area (Å²) in [5.74, 6) is -1.60. The van der Waals surface area contributed by atoms with Crippen LogP contribution in [0.2, 0.25) is 0 Å². The number of ether oxygens (including phenoxy) is 2. The number of epoxide rings is 1. The van der Waals surface area contributed by atoms with Crippen LogP contribution in [0.25, 0.3) is 10.2 Å². The van der Waals surface area contributed by atoms with Crippen LogP contribution in [-0.2, 0) is 25.6 Å². The number of benzene rings is 1. The Morgan fingerprint density at radius 1 is 1.19 bits per heavy atom. The number of Topliss-reactive ketones (excluding diaryl/α,β-unsaturated/α-hetero) is 1. The van der Waals surface area contributed by atoms with E-state index in [2.05, 4.69) is 11.9 Å². The number of rotatable bonds is 2. The standard InChI is InChI=1S/C28H40N2O6S/c1-15-7-6-10-28(5)22(36-28)12-19(17-8-9-20-18(11-17)30-23(14-29)37-20)35-24(32)13-21(31)27(3,4)26(34)16(2)25(15)33/h8-9,11,15-16,19,21-22,25,31,33H,6-7,10,12-14,29H2,1-5H3/t15?,16?,19-,21?,22-,25-,28+/m0/s1. The van der Waals surface area contributed by atoms with Crippen LogP contribution in [0.4, 0.5) is 0 Å². The molecule has 1 aromatic carbocycles. The van der Waals surface area contributed by atoms with Gasteiger partial charge in [0.25, 0.3) is 0 Å². The highest BCUT2D eigenvalue weighted by atomic mass is 32.1. The summed E-state index contributed by atoms with van der Waals surface area (Å²) < 4.78 is 13.0. The van der Waals surface area contributed by atoms with Gasteiger partial charge in [-0.3, -0.25) is 9.59 Å². The number of cyclic esters (lactones) is 1. The number of carbonyl (C=O) groups is 2. The minimum atomic E-state index is -1.25. The fourth-order valence-electron chi connectivity index (χ4n) is 5.50. The molecule has 0 bridgehead atoms. The molecule has 2 aliphatic rings. The highest BCUT2D eigenvalue weighted by Crippen LogP contribution is 2.47. The molecule has 2 aliphatic heterocycles. The Labute approximate surface area is 222 Å². The number of fused-ring (bicyclic) bond motifs is 2. The van der Waals surface area contributed by atoms with Gasteiger partial charge in [0.1, 0.15) is 16.9 Å². The number of carbonyl (C=O) groups excluding carboxylic acids is 2. The smallest absolute Gasteiger partial charge is 0.309 e. The SMILES string of the molecule is CC1CCC[C@@]2(C)O[C@H]2C[C@@H](c2ccc3sc(CN)nc3c2)OC(=O)CC(O)C(C)(C)C(=O)C(C)[C@H]1O. The van der Waals surface area contributed by atoms with Crippen molar-refractivity contribution in [3.8, 4) is 0 Å². The second-order valence-corrected chi connectivity index (χ2v) is 12.7. The molecule has 0 radical (unpaired) electrons. The van der Waals surface area contributed by atoms with Gasteiger partial charge in [-0.25, -0.2) is 4.98 Å². The minimum absolute atomic E-state index is 0.0777. The second-order valence-electron chi connectivity index (χ2n) is 11.6. The fourth-order valence-corrected chi connectivity index (χ4v) is 6.33. The van der Waals surface area contributed by atoms with Gasteiger partial charge in [0.15, 0.2) is 0 Å². The van der Waals surface area contributed by atoms with E-state index in [1.54, 1.807) is 20.8 Å². The Balaban J connectivity index is 1.62. The van der Waals surface area contributed by atoms with Gasteiger partial charge in [0.05, 0.1) is 46.0 Å². The number of hydrogen-bond donors (Lipinski definition) is 3.